The summed E-state index contributed by atoms with van der Waals surface area (Å²) in [6.07, 6.45) is 1.84. The molecule has 0 bridgehead atoms. The number of Topliss-reactive ketones (excluding diaryl/α,β-unsaturated/α-hetero) is 1. The zero-order valence-corrected chi connectivity index (χ0v) is 21.8. The predicted octanol–water partition coefficient (Wildman–Crippen LogP) is 6.23. The summed E-state index contributed by atoms with van der Waals surface area (Å²) in [6.45, 7) is 6.31. The number of carbonyl (C=O) groups is 2. The van der Waals surface area contributed by atoms with Gasteiger partial charge in [0, 0.05) is 36.4 Å². The Balaban J connectivity index is 1.26. The van der Waals surface area contributed by atoms with Crippen LogP contribution in [-0.2, 0) is 16.4 Å². The van der Waals surface area contributed by atoms with Gasteiger partial charge < -0.3 is 9.73 Å². The monoisotopic (exact) mass is 530 g/mol. The molecule has 0 aliphatic heterocycles. The van der Waals surface area contributed by atoms with Crippen molar-refractivity contribution in [1.29, 1.82) is 0 Å². The van der Waals surface area contributed by atoms with E-state index in [2.05, 4.69) is 36.2 Å². The first kappa shape index (κ1) is 27.6. The molecule has 204 valence electrons. The highest BCUT2D eigenvalue weighted by atomic mass is 19.4. The average molecular weight is 531 g/mol. The third kappa shape index (κ3) is 6.52. The van der Waals surface area contributed by atoms with Gasteiger partial charge in [0.15, 0.2) is 11.6 Å². The fraction of sp³-hybridized carbons (Fsp3) is 0.500. The van der Waals surface area contributed by atoms with Gasteiger partial charge in [-0.1, -0.05) is 39.0 Å². The molecule has 2 aromatic heterocycles. The van der Waals surface area contributed by atoms with Crippen molar-refractivity contribution in [2.45, 2.75) is 76.8 Å². The van der Waals surface area contributed by atoms with E-state index in [9.17, 15) is 22.8 Å². The Bertz CT molecular complexity index is 1250. The van der Waals surface area contributed by atoms with Gasteiger partial charge in [-0.25, -0.2) is 9.67 Å². The molecule has 10 heteroatoms. The second kappa shape index (κ2) is 11.1. The summed E-state index contributed by atoms with van der Waals surface area (Å²) in [5.41, 5.74) is -1.49. The van der Waals surface area contributed by atoms with E-state index < -0.39 is 23.3 Å². The maximum atomic E-state index is 13.5. The van der Waals surface area contributed by atoms with E-state index in [1.54, 1.807) is 36.5 Å². The summed E-state index contributed by atoms with van der Waals surface area (Å²) in [5.74, 6) is 0.982. The maximum Gasteiger partial charge on any atom is 0.435 e. The molecule has 0 saturated heterocycles. The lowest BCUT2D eigenvalue weighted by atomic mass is 9.79. The molecule has 0 unspecified atom stereocenters. The molecular weight excluding hydrogens is 497 g/mol. The summed E-state index contributed by atoms with van der Waals surface area (Å²) >= 11 is 0. The van der Waals surface area contributed by atoms with Crippen molar-refractivity contribution in [3.8, 4) is 5.69 Å². The Hall–Kier alpha value is -3.43. The zero-order valence-electron chi connectivity index (χ0n) is 21.8. The topological polar surface area (TPSA) is 90.0 Å². The van der Waals surface area contributed by atoms with Gasteiger partial charge >= 0.3 is 6.18 Å². The minimum absolute atomic E-state index is 0.0556. The van der Waals surface area contributed by atoms with Crippen LogP contribution in [0.5, 0.6) is 0 Å². The summed E-state index contributed by atoms with van der Waals surface area (Å²) in [5, 5.41) is 6.11. The molecule has 1 aromatic carbocycles. The van der Waals surface area contributed by atoms with Crippen LogP contribution in [0.2, 0.25) is 0 Å². The largest absolute Gasteiger partial charge is 0.445 e. The lowest BCUT2D eigenvalue weighted by Crippen LogP contribution is -2.27. The van der Waals surface area contributed by atoms with Gasteiger partial charge in [-0.3, -0.25) is 9.59 Å². The van der Waals surface area contributed by atoms with Gasteiger partial charge in [-0.2, -0.15) is 18.3 Å². The van der Waals surface area contributed by atoms with E-state index in [1.807, 2.05) is 0 Å². The van der Waals surface area contributed by atoms with Crippen molar-refractivity contribution >= 4 is 11.7 Å². The Morgan fingerprint density at radius 2 is 1.76 bits per heavy atom. The number of ketones is 1. The normalized spacial score (nSPS) is 18.4. The summed E-state index contributed by atoms with van der Waals surface area (Å²) in [7, 11) is 0. The number of benzene rings is 1. The smallest absolute Gasteiger partial charge is 0.435 e. The number of alkyl halides is 3. The standard InChI is InChI=1S/C28H33F3N4O3/c1-27(2,3)23-16-33-26(38-23)19-13-11-18(12-14-19)22(36)10-7-15-32-25(37)21-17-35(20-8-5-4-6-9-20)34-24(21)28(29,30)31/h4-6,8-9,16-19H,7,10-15H2,1-3H3,(H,32,37). The van der Waals surface area contributed by atoms with E-state index in [1.165, 1.54) is 0 Å². The predicted molar refractivity (Wildman–Crippen MR) is 135 cm³/mol. The van der Waals surface area contributed by atoms with Crippen molar-refractivity contribution < 1.29 is 27.2 Å². The number of carbonyl (C=O) groups excluding carboxylic acids is 2. The van der Waals surface area contributed by atoms with Crippen LogP contribution in [0.25, 0.3) is 5.69 Å². The maximum absolute atomic E-state index is 13.5. The number of hydrogen-bond acceptors (Lipinski definition) is 5. The number of nitrogens with zero attached hydrogens (tertiary/aromatic N) is 3. The number of oxazole rings is 1. The third-order valence-corrected chi connectivity index (χ3v) is 6.93. The molecule has 1 aliphatic rings. The molecule has 1 saturated carbocycles. The highest BCUT2D eigenvalue weighted by molar-refractivity contribution is 5.95. The SMILES string of the molecule is CC(C)(C)c1cnc(C2CCC(C(=O)CCCNC(=O)c3cn(-c4ccccc4)nc3C(F)(F)F)CC2)o1. The minimum Gasteiger partial charge on any atom is -0.445 e. The first-order valence-corrected chi connectivity index (χ1v) is 12.9. The van der Waals surface area contributed by atoms with E-state index in [-0.39, 0.29) is 36.0 Å². The second-order valence-corrected chi connectivity index (χ2v) is 10.9. The van der Waals surface area contributed by atoms with E-state index >= 15 is 0 Å². The molecule has 1 fully saturated rings. The van der Waals surface area contributed by atoms with Crippen LogP contribution < -0.4 is 5.32 Å². The summed E-state index contributed by atoms with van der Waals surface area (Å²) < 4.78 is 47.6. The number of nitrogens with one attached hydrogen (secondary N) is 1. The van der Waals surface area contributed by atoms with E-state index in [0.717, 1.165) is 48.2 Å². The molecule has 0 atom stereocenters. The number of aromatic nitrogens is 3. The van der Waals surface area contributed by atoms with Gasteiger partial charge in [0.2, 0.25) is 0 Å². The van der Waals surface area contributed by atoms with Crippen molar-refractivity contribution in [3.63, 3.8) is 0 Å². The van der Waals surface area contributed by atoms with Gasteiger partial charge in [-0.15, -0.1) is 0 Å². The molecule has 1 N–H and O–H groups in total. The van der Waals surface area contributed by atoms with Gasteiger partial charge in [-0.05, 0) is 44.2 Å². The molecule has 1 amide bonds. The van der Waals surface area contributed by atoms with E-state index in [0.29, 0.717) is 12.1 Å². The summed E-state index contributed by atoms with van der Waals surface area (Å²) in [4.78, 5) is 29.7. The van der Waals surface area contributed by atoms with Crippen LogP contribution in [0.15, 0.2) is 47.1 Å². The van der Waals surface area contributed by atoms with Crippen molar-refractivity contribution in [2.75, 3.05) is 6.54 Å². The Morgan fingerprint density at radius 1 is 1.08 bits per heavy atom. The Kier molecular flexibility index (Phi) is 8.08. The molecule has 1 aliphatic carbocycles. The quantitative estimate of drug-likeness (QED) is 0.349. The van der Waals surface area contributed by atoms with Crippen molar-refractivity contribution in [1.82, 2.24) is 20.1 Å². The number of rotatable bonds is 8. The number of amides is 1. The van der Waals surface area contributed by atoms with Crippen molar-refractivity contribution in [2.24, 2.45) is 5.92 Å². The summed E-state index contributed by atoms with van der Waals surface area (Å²) in [6, 6.07) is 8.27. The van der Waals surface area contributed by atoms with Crippen LogP contribution in [0.4, 0.5) is 13.2 Å². The minimum atomic E-state index is -4.78. The lowest BCUT2D eigenvalue weighted by Gasteiger charge is -2.26. The molecule has 4 rings (SSSR count). The molecule has 3 aromatic rings. The van der Waals surface area contributed by atoms with Crippen LogP contribution in [0.1, 0.15) is 92.9 Å². The fourth-order valence-electron chi connectivity index (χ4n) is 4.71. The molecule has 0 spiro atoms. The van der Waals surface area contributed by atoms with Gasteiger partial charge in [0.25, 0.3) is 5.91 Å². The number of halogens is 3. The first-order chi connectivity index (χ1) is 17.9. The lowest BCUT2D eigenvalue weighted by molar-refractivity contribution is -0.141. The number of hydrogen-bond donors (Lipinski definition) is 1. The molecule has 38 heavy (non-hydrogen) atoms. The second-order valence-electron chi connectivity index (χ2n) is 10.9. The van der Waals surface area contributed by atoms with Crippen LogP contribution in [-0.4, -0.2) is 33.0 Å². The molecule has 7 nitrogen and oxygen atoms in total. The number of para-hydroxylation sites is 1. The van der Waals surface area contributed by atoms with Gasteiger partial charge in [0.05, 0.1) is 17.4 Å². The molecule has 0 radical (unpaired) electrons. The van der Waals surface area contributed by atoms with Crippen LogP contribution in [0.3, 0.4) is 0 Å². The third-order valence-electron chi connectivity index (χ3n) is 6.93. The van der Waals surface area contributed by atoms with Crippen molar-refractivity contribution in [3.05, 3.63) is 65.6 Å². The highest BCUT2D eigenvalue weighted by Gasteiger charge is 2.39. The Labute approximate surface area is 219 Å². The first-order valence-electron chi connectivity index (χ1n) is 12.9. The average Bonchev–Trinajstić information content (AvgIpc) is 3.55. The highest BCUT2D eigenvalue weighted by Crippen LogP contribution is 2.37. The fourth-order valence-corrected chi connectivity index (χ4v) is 4.71. The van der Waals surface area contributed by atoms with Crippen LogP contribution in [0, 0.1) is 5.92 Å². The zero-order chi connectivity index (χ0) is 27.5. The van der Waals surface area contributed by atoms with Gasteiger partial charge in [0.1, 0.15) is 11.5 Å². The van der Waals surface area contributed by atoms with Crippen LogP contribution >= 0.6 is 0 Å². The van der Waals surface area contributed by atoms with E-state index in [4.69, 9.17) is 4.42 Å². The molecule has 2 heterocycles. The molecular formula is C28H33F3N4O3. The Morgan fingerprint density at radius 3 is 2.37 bits per heavy atom.